The van der Waals surface area contributed by atoms with Gasteiger partial charge in [0.05, 0.1) is 12.2 Å². The number of rotatable bonds is 6. The minimum atomic E-state index is -0.381. The highest BCUT2D eigenvalue weighted by Gasteiger charge is 2.07. The maximum atomic E-state index is 12.0. The molecule has 2 aromatic rings. The lowest BCUT2D eigenvalue weighted by Gasteiger charge is -2.05. The van der Waals surface area contributed by atoms with Crippen LogP contribution in [0.2, 0.25) is 10.0 Å². The number of benzene rings is 2. The molecule has 6 heteroatoms. The van der Waals surface area contributed by atoms with E-state index in [9.17, 15) is 9.59 Å². The third-order valence-electron chi connectivity index (χ3n) is 3.23. The van der Waals surface area contributed by atoms with Gasteiger partial charge in [-0.05, 0) is 48.9 Å². The van der Waals surface area contributed by atoms with Gasteiger partial charge in [-0.1, -0.05) is 36.2 Å². The number of esters is 1. The molecule has 25 heavy (non-hydrogen) atoms. The van der Waals surface area contributed by atoms with Gasteiger partial charge in [-0.15, -0.1) is 0 Å². The van der Waals surface area contributed by atoms with E-state index >= 15 is 0 Å². The van der Waals surface area contributed by atoms with Crippen LogP contribution in [0.15, 0.2) is 48.5 Å². The molecule has 0 saturated carbocycles. The summed E-state index contributed by atoms with van der Waals surface area (Å²) in [6.45, 7) is 2.31. The Hall–Kier alpha value is -2.30. The number of hydrogen-bond donors (Lipinski definition) is 1. The molecule has 0 aliphatic heterocycles. The van der Waals surface area contributed by atoms with Crippen LogP contribution in [0.4, 0.5) is 5.69 Å². The van der Waals surface area contributed by atoms with E-state index in [4.69, 9.17) is 27.9 Å². The molecular formula is C19H17Cl2NO3. The van der Waals surface area contributed by atoms with Gasteiger partial charge in [0, 0.05) is 27.4 Å². The van der Waals surface area contributed by atoms with E-state index in [1.165, 1.54) is 6.08 Å². The molecule has 2 rings (SSSR count). The lowest BCUT2D eigenvalue weighted by atomic mass is 10.2. The first-order valence-electron chi connectivity index (χ1n) is 7.71. The lowest BCUT2D eigenvalue weighted by molar-refractivity contribution is -0.111. The fourth-order valence-electron chi connectivity index (χ4n) is 1.98. The number of hydrogen-bond acceptors (Lipinski definition) is 3. The molecule has 0 heterocycles. The number of halogens is 2. The Morgan fingerprint density at radius 2 is 1.72 bits per heavy atom. The third kappa shape index (κ3) is 5.62. The van der Waals surface area contributed by atoms with Gasteiger partial charge in [0.25, 0.3) is 0 Å². The average Bonchev–Trinajstić information content (AvgIpc) is 2.60. The van der Waals surface area contributed by atoms with Gasteiger partial charge < -0.3 is 10.1 Å². The summed E-state index contributed by atoms with van der Waals surface area (Å²) in [4.78, 5) is 23.7. The molecule has 130 valence electrons. The maximum Gasteiger partial charge on any atom is 0.338 e. The Balaban J connectivity index is 1.99. The summed E-state index contributed by atoms with van der Waals surface area (Å²) in [6.07, 6.45) is 3.66. The monoisotopic (exact) mass is 377 g/mol. The van der Waals surface area contributed by atoms with E-state index in [-0.39, 0.29) is 11.9 Å². The second kappa shape index (κ2) is 9.25. The van der Waals surface area contributed by atoms with Crippen LogP contribution < -0.4 is 5.32 Å². The summed E-state index contributed by atoms with van der Waals surface area (Å²) < 4.78 is 5.05. The molecule has 4 nitrogen and oxygen atoms in total. The van der Waals surface area contributed by atoms with Crippen molar-refractivity contribution >= 4 is 46.8 Å². The molecule has 0 aliphatic carbocycles. The Kier molecular flexibility index (Phi) is 7.04. The zero-order valence-electron chi connectivity index (χ0n) is 13.6. The summed E-state index contributed by atoms with van der Waals surface area (Å²) in [6, 6.07) is 11.6. The second-order valence-corrected chi connectivity index (χ2v) is 5.99. The number of nitrogens with one attached hydrogen (secondary N) is 1. The fourth-order valence-corrected chi connectivity index (χ4v) is 2.50. The minimum Gasteiger partial charge on any atom is -0.462 e. The first-order chi connectivity index (χ1) is 12.0. The molecule has 0 bridgehead atoms. The predicted octanol–water partition coefficient (Wildman–Crippen LogP) is 5.21. The predicted molar refractivity (Wildman–Crippen MR) is 101 cm³/mol. The second-order valence-electron chi connectivity index (χ2n) is 5.17. The average molecular weight is 378 g/mol. The quantitative estimate of drug-likeness (QED) is 0.554. The molecule has 0 fully saturated rings. The summed E-state index contributed by atoms with van der Waals surface area (Å²) in [5.41, 5.74) is 1.58. The van der Waals surface area contributed by atoms with E-state index in [0.717, 1.165) is 6.42 Å². The molecule has 0 spiro atoms. The third-order valence-corrected chi connectivity index (χ3v) is 3.89. The SMILES string of the molecule is CCCOC(=O)c1ccc(NC(=O)C=Cc2c(Cl)cccc2Cl)cc1. The van der Waals surface area contributed by atoms with Crippen LogP contribution in [0.5, 0.6) is 0 Å². The number of anilines is 1. The van der Waals surface area contributed by atoms with Crippen LogP contribution in [0.25, 0.3) is 6.08 Å². The first kappa shape index (κ1) is 19.0. The van der Waals surface area contributed by atoms with Crippen LogP contribution in [-0.4, -0.2) is 18.5 Å². The van der Waals surface area contributed by atoms with Crippen LogP contribution in [0, 0.1) is 0 Å². The van der Waals surface area contributed by atoms with Gasteiger partial charge in [0.2, 0.25) is 5.91 Å². The molecule has 0 aliphatic rings. The number of amides is 1. The Labute approximate surface area is 156 Å². The summed E-state index contributed by atoms with van der Waals surface area (Å²) in [5, 5.41) is 3.63. The molecular weight excluding hydrogens is 361 g/mol. The number of carbonyl (C=O) groups is 2. The molecule has 0 saturated heterocycles. The molecule has 0 atom stereocenters. The van der Waals surface area contributed by atoms with Gasteiger partial charge in [-0.2, -0.15) is 0 Å². The molecule has 1 N–H and O–H groups in total. The van der Waals surface area contributed by atoms with E-state index in [2.05, 4.69) is 5.32 Å². The van der Waals surface area contributed by atoms with E-state index < -0.39 is 0 Å². The van der Waals surface area contributed by atoms with Gasteiger partial charge in [0.15, 0.2) is 0 Å². The normalized spacial score (nSPS) is 10.7. The lowest BCUT2D eigenvalue weighted by Crippen LogP contribution is -2.09. The summed E-state index contributed by atoms with van der Waals surface area (Å²) in [7, 11) is 0. The molecule has 0 aromatic heterocycles. The van der Waals surface area contributed by atoms with Crippen LogP contribution in [-0.2, 0) is 9.53 Å². The van der Waals surface area contributed by atoms with Gasteiger partial charge in [0.1, 0.15) is 0 Å². The largest absolute Gasteiger partial charge is 0.462 e. The van der Waals surface area contributed by atoms with Gasteiger partial charge in [-0.25, -0.2) is 4.79 Å². The molecule has 0 unspecified atom stereocenters. The van der Waals surface area contributed by atoms with Crippen molar-refractivity contribution in [1.29, 1.82) is 0 Å². The standard InChI is InChI=1S/C19H17Cl2NO3/c1-2-12-25-19(24)13-6-8-14(9-7-13)22-18(23)11-10-15-16(20)4-3-5-17(15)21/h3-11H,2,12H2,1H3,(H,22,23). The van der Waals surface area contributed by atoms with Crippen LogP contribution >= 0.6 is 23.2 Å². The highest BCUT2D eigenvalue weighted by atomic mass is 35.5. The highest BCUT2D eigenvalue weighted by molar-refractivity contribution is 6.37. The number of carbonyl (C=O) groups excluding carboxylic acids is 2. The zero-order chi connectivity index (χ0) is 18.2. The topological polar surface area (TPSA) is 55.4 Å². The minimum absolute atomic E-state index is 0.336. The Morgan fingerprint density at radius 3 is 2.32 bits per heavy atom. The fraction of sp³-hybridized carbons (Fsp3) is 0.158. The van der Waals surface area contributed by atoms with Crippen molar-refractivity contribution in [1.82, 2.24) is 0 Å². The molecule has 1 amide bonds. The molecule has 0 radical (unpaired) electrons. The van der Waals surface area contributed by atoms with Crippen LogP contribution in [0.1, 0.15) is 29.3 Å². The summed E-state index contributed by atoms with van der Waals surface area (Å²) >= 11 is 12.1. The Bertz CT molecular complexity index is 766. The van der Waals surface area contributed by atoms with Crippen molar-refractivity contribution in [3.8, 4) is 0 Å². The Morgan fingerprint density at radius 1 is 1.08 bits per heavy atom. The van der Waals surface area contributed by atoms with Crippen molar-refractivity contribution in [3.63, 3.8) is 0 Å². The van der Waals surface area contributed by atoms with E-state index in [1.54, 1.807) is 48.5 Å². The maximum absolute atomic E-state index is 12.0. The van der Waals surface area contributed by atoms with Crippen molar-refractivity contribution in [2.24, 2.45) is 0 Å². The van der Waals surface area contributed by atoms with Crippen molar-refractivity contribution in [2.75, 3.05) is 11.9 Å². The van der Waals surface area contributed by atoms with Crippen molar-refractivity contribution < 1.29 is 14.3 Å². The zero-order valence-corrected chi connectivity index (χ0v) is 15.1. The number of ether oxygens (including phenoxy) is 1. The van der Waals surface area contributed by atoms with Crippen molar-refractivity contribution in [3.05, 3.63) is 69.7 Å². The van der Waals surface area contributed by atoms with Gasteiger partial charge in [-0.3, -0.25) is 4.79 Å². The van der Waals surface area contributed by atoms with Crippen LogP contribution in [0.3, 0.4) is 0 Å². The summed E-state index contributed by atoms with van der Waals surface area (Å²) in [5.74, 6) is -0.717. The molecule has 2 aromatic carbocycles. The first-order valence-corrected chi connectivity index (χ1v) is 8.47. The smallest absolute Gasteiger partial charge is 0.338 e. The van der Waals surface area contributed by atoms with E-state index in [0.29, 0.717) is 33.5 Å². The van der Waals surface area contributed by atoms with Crippen molar-refractivity contribution in [2.45, 2.75) is 13.3 Å². The van der Waals surface area contributed by atoms with Gasteiger partial charge >= 0.3 is 5.97 Å². The highest BCUT2D eigenvalue weighted by Crippen LogP contribution is 2.25. The van der Waals surface area contributed by atoms with E-state index in [1.807, 2.05) is 6.92 Å².